The maximum absolute atomic E-state index is 8.73. The van der Waals surface area contributed by atoms with Gasteiger partial charge in [-0.2, -0.15) is 0 Å². The van der Waals surface area contributed by atoms with Gasteiger partial charge in [0.2, 0.25) is 0 Å². The zero-order valence-corrected chi connectivity index (χ0v) is 7.47. The van der Waals surface area contributed by atoms with Crippen molar-refractivity contribution < 1.29 is 9.59 Å². The fourth-order valence-electron chi connectivity index (χ4n) is 0.376. The summed E-state index contributed by atoms with van der Waals surface area (Å²) in [6.07, 6.45) is 0.591. The lowest BCUT2D eigenvalue weighted by atomic mass is 10.5. The molecule has 0 rings (SSSR count). The average Bonchev–Trinajstić information content (AvgIpc) is 1.60. The van der Waals surface area contributed by atoms with Crippen LogP contribution in [-0.4, -0.2) is 37.0 Å². The molecule has 0 saturated heterocycles. The Labute approximate surface area is 67.1 Å². The van der Waals surface area contributed by atoms with E-state index < -0.39 is 6.23 Å². The van der Waals surface area contributed by atoms with Crippen molar-refractivity contribution in [2.45, 2.75) is 6.23 Å². The Kier molecular flexibility index (Phi) is 3.38. The fourth-order valence-corrected chi connectivity index (χ4v) is 0.529. The quantitative estimate of drug-likeness (QED) is 0.298. The summed E-state index contributed by atoms with van der Waals surface area (Å²) in [5.74, 6) is 0. The molecule has 0 bridgehead atoms. The first-order valence-corrected chi connectivity index (χ1v) is 3.45. The third-order valence-corrected chi connectivity index (χ3v) is 1.76. The summed E-state index contributed by atoms with van der Waals surface area (Å²) in [7, 11) is 5.84. The van der Waals surface area contributed by atoms with Gasteiger partial charge in [0.15, 0.2) is 5.03 Å². The van der Waals surface area contributed by atoms with Crippen LogP contribution in [0.3, 0.4) is 0 Å². The van der Waals surface area contributed by atoms with Gasteiger partial charge in [-0.05, 0) is 0 Å². The number of thiol groups is 1. The van der Waals surface area contributed by atoms with Gasteiger partial charge >= 0.3 is 0 Å². The summed E-state index contributed by atoms with van der Waals surface area (Å²) in [6, 6.07) is 0. The van der Waals surface area contributed by atoms with Crippen molar-refractivity contribution in [1.82, 2.24) is 0 Å². The van der Waals surface area contributed by atoms with Crippen molar-refractivity contribution in [3.63, 3.8) is 0 Å². The third-order valence-electron chi connectivity index (χ3n) is 1.01. The van der Waals surface area contributed by atoms with E-state index in [-0.39, 0.29) is 0 Å². The van der Waals surface area contributed by atoms with Crippen molar-refractivity contribution in [2.75, 3.05) is 21.1 Å². The van der Waals surface area contributed by atoms with Crippen LogP contribution in [-0.2, 0) is 0 Å². The van der Waals surface area contributed by atoms with E-state index in [1.807, 2.05) is 21.1 Å². The highest BCUT2D eigenvalue weighted by Crippen LogP contribution is 2.11. The lowest BCUT2D eigenvalue weighted by Crippen LogP contribution is -2.32. The maximum Gasteiger partial charge on any atom is 0.163 e. The molecule has 0 aliphatic rings. The van der Waals surface area contributed by atoms with E-state index >= 15 is 0 Å². The molecule has 0 fully saturated rings. The van der Waals surface area contributed by atoms with E-state index in [1.165, 1.54) is 6.08 Å². The van der Waals surface area contributed by atoms with Gasteiger partial charge < -0.3 is 10.8 Å². The first-order chi connectivity index (χ1) is 4.34. The number of aliphatic hydroxyl groups is 1. The van der Waals surface area contributed by atoms with Gasteiger partial charge in [0.1, 0.15) is 6.23 Å². The largest absolute Gasteiger partial charge is 0.375 e. The minimum absolute atomic E-state index is 0.567. The Hall–Kier alpha value is -0.0300. The molecular formula is C6H15N2OS+. The molecule has 1 unspecified atom stereocenters. The molecule has 10 heavy (non-hydrogen) atoms. The molecule has 0 aromatic rings. The molecule has 0 saturated carbocycles. The average molecular weight is 163 g/mol. The Morgan fingerprint density at radius 3 is 2.10 bits per heavy atom. The van der Waals surface area contributed by atoms with Crippen LogP contribution >= 0.6 is 12.6 Å². The predicted molar refractivity (Wildman–Crippen MR) is 45.3 cm³/mol. The molecule has 1 atom stereocenters. The number of aliphatic hydroxyl groups excluding tert-OH is 1. The van der Waals surface area contributed by atoms with Crippen molar-refractivity contribution in [3.8, 4) is 0 Å². The van der Waals surface area contributed by atoms with Crippen LogP contribution in [0.2, 0.25) is 0 Å². The van der Waals surface area contributed by atoms with Crippen LogP contribution in [0.5, 0.6) is 0 Å². The summed E-state index contributed by atoms with van der Waals surface area (Å²) in [6.45, 7) is 0. The molecule has 0 spiro atoms. The van der Waals surface area contributed by atoms with Gasteiger partial charge in [-0.3, -0.25) is 4.48 Å². The maximum atomic E-state index is 8.73. The number of quaternary nitrogens is 1. The van der Waals surface area contributed by atoms with Gasteiger partial charge in [-0.1, -0.05) is 12.6 Å². The second kappa shape index (κ2) is 3.39. The lowest BCUT2D eigenvalue weighted by Gasteiger charge is -2.23. The second-order valence-corrected chi connectivity index (χ2v) is 3.49. The minimum Gasteiger partial charge on any atom is -0.375 e. The predicted octanol–water partition coefficient (Wildman–Crippen LogP) is -0.259. The second-order valence-electron chi connectivity index (χ2n) is 3.03. The zero-order valence-electron chi connectivity index (χ0n) is 6.57. The lowest BCUT2D eigenvalue weighted by molar-refractivity contribution is -0.822. The van der Waals surface area contributed by atoms with Crippen molar-refractivity contribution >= 4 is 12.6 Å². The molecule has 0 radical (unpaired) electrons. The van der Waals surface area contributed by atoms with E-state index in [0.717, 1.165) is 5.03 Å². The van der Waals surface area contributed by atoms with Gasteiger partial charge in [-0.15, -0.1) is 0 Å². The molecule has 3 N–H and O–H groups in total. The van der Waals surface area contributed by atoms with Crippen LogP contribution in [0, 0.1) is 0 Å². The summed E-state index contributed by atoms with van der Waals surface area (Å²) in [4.78, 5) is 0. The highest BCUT2D eigenvalue weighted by molar-refractivity contribution is 7.84. The van der Waals surface area contributed by atoms with Crippen LogP contribution in [0.1, 0.15) is 0 Å². The van der Waals surface area contributed by atoms with Gasteiger partial charge in [-0.25, -0.2) is 0 Å². The Balaban J connectivity index is 4.20. The van der Waals surface area contributed by atoms with Crippen LogP contribution in [0.15, 0.2) is 11.1 Å². The number of hydrogen-bond donors (Lipinski definition) is 3. The molecule has 0 aromatic heterocycles. The molecule has 0 aromatic carbocycles. The molecule has 0 aliphatic carbocycles. The van der Waals surface area contributed by atoms with E-state index in [9.17, 15) is 0 Å². The fraction of sp³-hybridized carbons (Fsp3) is 0.667. The zero-order chi connectivity index (χ0) is 8.36. The third kappa shape index (κ3) is 3.90. The summed E-state index contributed by atoms with van der Waals surface area (Å²) in [5, 5.41) is 9.47. The van der Waals surface area contributed by atoms with E-state index in [1.54, 1.807) is 0 Å². The first kappa shape index (κ1) is 9.97. The molecule has 0 heterocycles. The van der Waals surface area contributed by atoms with Gasteiger partial charge in [0, 0.05) is 6.08 Å². The van der Waals surface area contributed by atoms with Crippen LogP contribution in [0.25, 0.3) is 0 Å². The number of nitrogens with zero attached hydrogens (tertiary/aromatic N) is 1. The van der Waals surface area contributed by atoms with E-state index in [2.05, 4.69) is 12.6 Å². The van der Waals surface area contributed by atoms with Crippen LogP contribution in [0.4, 0.5) is 0 Å². The van der Waals surface area contributed by atoms with Gasteiger partial charge in [0.05, 0.1) is 21.1 Å². The van der Waals surface area contributed by atoms with E-state index in [4.69, 9.17) is 10.8 Å². The monoisotopic (exact) mass is 163 g/mol. The highest BCUT2D eigenvalue weighted by Gasteiger charge is 2.11. The van der Waals surface area contributed by atoms with Crippen molar-refractivity contribution in [1.29, 1.82) is 0 Å². The molecular weight excluding hydrogens is 148 g/mol. The summed E-state index contributed by atoms with van der Waals surface area (Å²) < 4.78 is 0.567. The standard InChI is InChI=1S/C6H14N2OS/c1-8(2,3)6(10)4-5(7)9/h4-5,9H,7H2,1-3H3/p+1. The normalized spacial score (nSPS) is 17.2. The van der Waals surface area contributed by atoms with Crippen molar-refractivity contribution in [2.24, 2.45) is 5.73 Å². The highest BCUT2D eigenvalue weighted by atomic mass is 32.1. The van der Waals surface area contributed by atoms with Crippen molar-refractivity contribution in [3.05, 3.63) is 11.1 Å². The molecule has 4 heteroatoms. The Morgan fingerprint density at radius 1 is 1.60 bits per heavy atom. The smallest absolute Gasteiger partial charge is 0.163 e. The molecule has 0 aliphatic heterocycles. The number of rotatable bonds is 2. The van der Waals surface area contributed by atoms with Gasteiger partial charge in [0.25, 0.3) is 0 Å². The molecule has 3 nitrogen and oxygen atoms in total. The molecule has 60 valence electrons. The Morgan fingerprint density at radius 2 is 2.00 bits per heavy atom. The topological polar surface area (TPSA) is 46.2 Å². The first-order valence-electron chi connectivity index (χ1n) is 3.00. The number of hydrogen-bond acceptors (Lipinski definition) is 3. The van der Waals surface area contributed by atoms with Crippen LogP contribution < -0.4 is 5.73 Å². The minimum atomic E-state index is -0.912. The van der Waals surface area contributed by atoms with E-state index in [0.29, 0.717) is 4.48 Å². The summed E-state index contributed by atoms with van der Waals surface area (Å²) >= 11 is 4.14. The molecule has 0 amide bonds. The summed E-state index contributed by atoms with van der Waals surface area (Å²) in [5.41, 5.74) is 5.11. The SMILES string of the molecule is C[N+](C)(C)C(S)=CC(N)O. The Bertz CT molecular complexity index is 137. The number of nitrogens with two attached hydrogens (primary N) is 1.